The summed E-state index contributed by atoms with van der Waals surface area (Å²) in [5, 5.41) is 0. The average molecular weight is 412 g/mol. The monoisotopic (exact) mass is 411 g/mol. The van der Waals surface area contributed by atoms with Crippen LogP contribution in [0.2, 0.25) is 0 Å². The summed E-state index contributed by atoms with van der Waals surface area (Å²) in [6.07, 6.45) is 8.76. The zero-order chi connectivity index (χ0) is 19.8. The predicted molar refractivity (Wildman–Crippen MR) is 115 cm³/mol. The fraction of sp³-hybridized carbons (Fsp3) is 0.476. The van der Waals surface area contributed by atoms with Gasteiger partial charge in [-0.2, -0.15) is 4.36 Å². The number of aromatic nitrogens is 3. The van der Waals surface area contributed by atoms with Gasteiger partial charge in [0.1, 0.15) is 5.82 Å². The van der Waals surface area contributed by atoms with Crippen molar-refractivity contribution in [2.45, 2.75) is 32.2 Å². The van der Waals surface area contributed by atoms with E-state index < -0.39 is 9.73 Å². The SMILES string of the molecule is C[C@@H]1COCCN1c1cc(N=S2(=O)CCCC2)nc(-c2ccnc3c2C=CC3)n1. The second-order valence-electron chi connectivity index (χ2n) is 7.83. The van der Waals surface area contributed by atoms with Crippen molar-refractivity contribution in [3.8, 4) is 11.4 Å². The molecule has 0 amide bonds. The molecule has 0 aromatic carbocycles. The number of ether oxygens (including phenoxy) is 1. The number of allylic oxidation sites excluding steroid dienone is 1. The second kappa shape index (κ2) is 7.50. The Morgan fingerprint density at radius 2 is 2.14 bits per heavy atom. The lowest BCUT2D eigenvalue weighted by molar-refractivity contribution is 0.0985. The van der Waals surface area contributed by atoms with Crippen LogP contribution in [0.15, 0.2) is 28.8 Å². The van der Waals surface area contributed by atoms with Crippen LogP contribution >= 0.6 is 0 Å². The van der Waals surface area contributed by atoms with Crippen molar-refractivity contribution in [2.24, 2.45) is 4.36 Å². The van der Waals surface area contributed by atoms with Crippen LogP contribution in [0.3, 0.4) is 0 Å². The maximum atomic E-state index is 13.1. The van der Waals surface area contributed by atoms with E-state index in [-0.39, 0.29) is 6.04 Å². The number of pyridine rings is 1. The molecule has 0 unspecified atom stereocenters. The molecule has 0 spiro atoms. The Morgan fingerprint density at radius 3 is 2.97 bits per heavy atom. The number of anilines is 1. The highest BCUT2D eigenvalue weighted by atomic mass is 32.2. The van der Waals surface area contributed by atoms with Crippen LogP contribution in [0.4, 0.5) is 11.6 Å². The van der Waals surface area contributed by atoms with E-state index in [9.17, 15) is 4.21 Å². The smallest absolute Gasteiger partial charge is 0.167 e. The van der Waals surface area contributed by atoms with Gasteiger partial charge in [-0.1, -0.05) is 12.2 Å². The van der Waals surface area contributed by atoms with Gasteiger partial charge in [0.25, 0.3) is 0 Å². The standard InChI is InChI=1S/C21H25N5O2S/c1-15-14-28-10-9-26(15)20-13-19(25-29(27)11-2-3-12-29)23-21(24-20)17-7-8-22-18-6-4-5-16(17)18/h4-5,7-8,13,15H,2-3,6,9-12,14H2,1H3/t15-/m1/s1. The third-order valence-corrected chi connectivity index (χ3v) is 8.08. The molecule has 1 aliphatic carbocycles. The van der Waals surface area contributed by atoms with Crippen molar-refractivity contribution in [3.05, 3.63) is 35.7 Å². The average Bonchev–Trinajstić information content (AvgIpc) is 3.36. The van der Waals surface area contributed by atoms with Gasteiger partial charge >= 0.3 is 0 Å². The van der Waals surface area contributed by atoms with E-state index in [1.54, 1.807) is 0 Å². The van der Waals surface area contributed by atoms with Crippen LogP contribution in [-0.2, 0) is 20.9 Å². The lowest BCUT2D eigenvalue weighted by atomic mass is 10.1. The maximum Gasteiger partial charge on any atom is 0.167 e. The molecule has 2 aromatic rings. The van der Waals surface area contributed by atoms with E-state index in [4.69, 9.17) is 14.7 Å². The van der Waals surface area contributed by atoms with Gasteiger partial charge in [0, 0.05) is 47.9 Å². The van der Waals surface area contributed by atoms with Gasteiger partial charge in [-0.15, -0.1) is 0 Å². The van der Waals surface area contributed by atoms with Crippen LogP contribution in [0.25, 0.3) is 17.5 Å². The molecule has 2 aromatic heterocycles. The summed E-state index contributed by atoms with van der Waals surface area (Å²) in [5.41, 5.74) is 3.05. The van der Waals surface area contributed by atoms with Crippen LogP contribution in [0.1, 0.15) is 31.0 Å². The number of nitrogens with zero attached hydrogens (tertiary/aromatic N) is 5. The highest BCUT2D eigenvalue weighted by Crippen LogP contribution is 2.32. The summed E-state index contributed by atoms with van der Waals surface area (Å²) in [6.45, 7) is 4.22. The zero-order valence-corrected chi connectivity index (χ0v) is 17.4. The molecule has 1 atom stereocenters. The van der Waals surface area contributed by atoms with Gasteiger partial charge in [0.15, 0.2) is 11.6 Å². The molecule has 8 heteroatoms. The molecule has 29 heavy (non-hydrogen) atoms. The summed E-state index contributed by atoms with van der Waals surface area (Å²) in [5.74, 6) is 3.26. The first kappa shape index (κ1) is 18.7. The van der Waals surface area contributed by atoms with Crippen molar-refractivity contribution in [1.82, 2.24) is 15.0 Å². The molecule has 5 rings (SSSR count). The van der Waals surface area contributed by atoms with Gasteiger partial charge in [-0.25, -0.2) is 14.2 Å². The van der Waals surface area contributed by atoms with Gasteiger partial charge in [-0.3, -0.25) is 4.98 Å². The third-order valence-electron chi connectivity index (χ3n) is 5.71. The Morgan fingerprint density at radius 1 is 1.28 bits per heavy atom. The minimum atomic E-state index is -2.21. The summed E-state index contributed by atoms with van der Waals surface area (Å²) in [7, 11) is -2.21. The Bertz CT molecular complexity index is 1080. The first-order valence-electron chi connectivity index (χ1n) is 10.2. The van der Waals surface area contributed by atoms with E-state index in [0.717, 1.165) is 48.4 Å². The first-order chi connectivity index (χ1) is 14.1. The quantitative estimate of drug-likeness (QED) is 0.771. The Balaban J connectivity index is 1.66. The number of hydrogen-bond donors (Lipinski definition) is 0. The van der Waals surface area contributed by atoms with Crippen molar-refractivity contribution < 1.29 is 8.95 Å². The molecular weight excluding hydrogens is 386 g/mol. The number of morpholine rings is 1. The van der Waals surface area contributed by atoms with Crippen LogP contribution < -0.4 is 4.90 Å². The molecule has 7 nitrogen and oxygen atoms in total. The maximum absolute atomic E-state index is 13.1. The number of rotatable bonds is 3. The van der Waals surface area contributed by atoms with Crippen molar-refractivity contribution in [3.63, 3.8) is 0 Å². The minimum Gasteiger partial charge on any atom is -0.377 e. The Labute approximate surface area is 171 Å². The summed E-state index contributed by atoms with van der Waals surface area (Å²) >= 11 is 0. The van der Waals surface area contributed by atoms with E-state index in [2.05, 4.69) is 33.3 Å². The van der Waals surface area contributed by atoms with E-state index >= 15 is 0 Å². The van der Waals surface area contributed by atoms with Crippen LogP contribution in [-0.4, -0.2) is 56.5 Å². The van der Waals surface area contributed by atoms with Crippen molar-refractivity contribution >= 4 is 27.4 Å². The molecule has 0 bridgehead atoms. The summed E-state index contributed by atoms with van der Waals surface area (Å²) in [4.78, 5) is 16.3. The van der Waals surface area contributed by atoms with E-state index in [1.807, 2.05) is 18.3 Å². The van der Waals surface area contributed by atoms with Crippen molar-refractivity contribution in [1.29, 1.82) is 0 Å². The minimum absolute atomic E-state index is 0.211. The van der Waals surface area contributed by atoms with Crippen molar-refractivity contribution in [2.75, 3.05) is 36.2 Å². The van der Waals surface area contributed by atoms with Crippen LogP contribution in [0.5, 0.6) is 0 Å². The molecule has 0 radical (unpaired) electrons. The first-order valence-corrected chi connectivity index (χ1v) is 12.1. The largest absolute Gasteiger partial charge is 0.377 e. The molecule has 2 fully saturated rings. The normalized spacial score (nSPS) is 22.7. The lowest BCUT2D eigenvalue weighted by Gasteiger charge is -2.34. The molecule has 0 N–H and O–H groups in total. The Hall–Kier alpha value is -2.32. The van der Waals surface area contributed by atoms with Gasteiger partial charge in [0.05, 0.1) is 34.7 Å². The van der Waals surface area contributed by atoms with Gasteiger partial charge < -0.3 is 9.64 Å². The molecule has 2 saturated heterocycles. The zero-order valence-electron chi connectivity index (χ0n) is 16.6. The summed E-state index contributed by atoms with van der Waals surface area (Å²) in [6, 6.07) is 4.05. The topological polar surface area (TPSA) is 80.6 Å². The molecule has 0 saturated carbocycles. The third kappa shape index (κ3) is 3.67. The predicted octanol–water partition coefficient (Wildman–Crippen LogP) is 3.23. The van der Waals surface area contributed by atoms with E-state index in [0.29, 0.717) is 36.4 Å². The molecule has 3 aliphatic rings. The molecular formula is C21H25N5O2S. The number of fused-ring (bicyclic) bond motifs is 1. The van der Waals surface area contributed by atoms with Crippen LogP contribution in [0, 0.1) is 0 Å². The number of hydrogen-bond acceptors (Lipinski definition) is 7. The molecule has 152 valence electrons. The second-order valence-corrected chi connectivity index (χ2v) is 10.4. The highest BCUT2D eigenvalue weighted by Gasteiger charge is 2.24. The fourth-order valence-corrected chi connectivity index (χ4v) is 6.30. The molecule has 2 aliphatic heterocycles. The lowest BCUT2D eigenvalue weighted by Crippen LogP contribution is -2.44. The van der Waals surface area contributed by atoms with Gasteiger partial charge in [-0.05, 0) is 25.8 Å². The summed E-state index contributed by atoms with van der Waals surface area (Å²) < 4.78 is 23.3. The molecule has 4 heterocycles. The van der Waals surface area contributed by atoms with E-state index in [1.165, 1.54) is 0 Å². The fourth-order valence-electron chi connectivity index (χ4n) is 4.17. The Kier molecular flexibility index (Phi) is 4.83. The highest BCUT2D eigenvalue weighted by molar-refractivity contribution is 7.93. The van der Waals surface area contributed by atoms with Gasteiger partial charge in [0.2, 0.25) is 0 Å².